The van der Waals surface area contributed by atoms with Crippen molar-refractivity contribution in [3.8, 4) is 11.3 Å². The molecule has 1 N–H and O–H groups in total. The number of rotatable bonds is 5. The van der Waals surface area contributed by atoms with Crippen molar-refractivity contribution in [1.29, 1.82) is 0 Å². The van der Waals surface area contributed by atoms with Crippen LogP contribution in [0.5, 0.6) is 0 Å². The number of amides is 1. The van der Waals surface area contributed by atoms with Crippen LogP contribution in [0.15, 0.2) is 59.0 Å². The second-order valence-electron chi connectivity index (χ2n) is 7.30. The summed E-state index contributed by atoms with van der Waals surface area (Å²) in [7, 11) is 0. The lowest BCUT2D eigenvalue weighted by Crippen LogP contribution is -2.42. The minimum Gasteiger partial charge on any atom is -0.451 e. The number of nitrogens with one attached hydrogen (secondary N) is 1. The molecule has 0 atom stereocenters. The molecule has 0 spiro atoms. The number of nitro benzene ring substituents is 1. The number of benzene rings is 2. The number of furan rings is 1. The largest absolute Gasteiger partial charge is 0.451 e. The third-order valence-electron chi connectivity index (χ3n) is 5.24. The van der Waals surface area contributed by atoms with Gasteiger partial charge in [-0.2, -0.15) is 0 Å². The molecule has 9 heteroatoms. The molecule has 1 amide bonds. The zero-order chi connectivity index (χ0) is 22.0. The fraction of sp³-hybridized carbons (Fsp3) is 0.227. The Balaban J connectivity index is 1.38. The molecule has 7 nitrogen and oxygen atoms in total. The Morgan fingerprint density at radius 1 is 1.13 bits per heavy atom. The maximum Gasteiger partial charge on any atom is 0.289 e. The fourth-order valence-electron chi connectivity index (χ4n) is 3.58. The van der Waals surface area contributed by atoms with Crippen molar-refractivity contribution in [3.05, 3.63) is 81.3 Å². The highest BCUT2D eigenvalue weighted by atomic mass is 35.5. The molecule has 2 heterocycles. The maximum atomic E-state index is 13.0. The zero-order valence-electron chi connectivity index (χ0n) is 16.4. The molecule has 0 saturated carbocycles. The summed E-state index contributed by atoms with van der Waals surface area (Å²) in [6.07, 6.45) is 1.51. The van der Waals surface area contributed by atoms with Crippen LogP contribution in [-0.2, 0) is 0 Å². The molecule has 0 aliphatic carbocycles. The van der Waals surface area contributed by atoms with Gasteiger partial charge in [-0.15, -0.1) is 0 Å². The van der Waals surface area contributed by atoms with Crippen LogP contribution in [0.4, 0.5) is 15.8 Å². The van der Waals surface area contributed by atoms with Crippen LogP contribution >= 0.6 is 11.6 Å². The molecule has 31 heavy (non-hydrogen) atoms. The van der Waals surface area contributed by atoms with Gasteiger partial charge in [0, 0.05) is 42.5 Å². The predicted octanol–water partition coefficient (Wildman–Crippen LogP) is 5.36. The van der Waals surface area contributed by atoms with Gasteiger partial charge in [0.15, 0.2) is 5.76 Å². The van der Waals surface area contributed by atoms with Crippen molar-refractivity contribution in [2.45, 2.75) is 18.9 Å². The number of piperidine rings is 1. The first-order valence-corrected chi connectivity index (χ1v) is 10.1. The van der Waals surface area contributed by atoms with E-state index in [9.17, 15) is 19.3 Å². The summed E-state index contributed by atoms with van der Waals surface area (Å²) >= 11 is 6.15. The molecule has 0 bridgehead atoms. The summed E-state index contributed by atoms with van der Waals surface area (Å²) < 4.78 is 18.7. The van der Waals surface area contributed by atoms with Crippen LogP contribution in [0.2, 0.25) is 5.02 Å². The van der Waals surface area contributed by atoms with E-state index in [4.69, 9.17) is 16.0 Å². The van der Waals surface area contributed by atoms with Crippen molar-refractivity contribution in [2.75, 3.05) is 18.4 Å². The van der Waals surface area contributed by atoms with Gasteiger partial charge in [0.05, 0.1) is 9.95 Å². The smallest absolute Gasteiger partial charge is 0.289 e. The van der Waals surface area contributed by atoms with Crippen molar-refractivity contribution in [1.82, 2.24) is 4.90 Å². The number of carbonyl (C=O) groups is 1. The van der Waals surface area contributed by atoms with Gasteiger partial charge in [0.1, 0.15) is 11.6 Å². The number of halogens is 2. The third-order valence-corrected chi connectivity index (χ3v) is 5.56. The molecule has 0 unspecified atom stereocenters. The Kier molecular flexibility index (Phi) is 5.90. The van der Waals surface area contributed by atoms with Crippen LogP contribution in [0.3, 0.4) is 0 Å². The van der Waals surface area contributed by atoms with Gasteiger partial charge < -0.3 is 14.6 Å². The highest BCUT2D eigenvalue weighted by Crippen LogP contribution is 2.32. The van der Waals surface area contributed by atoms with E-state index in [0.717, 1.165) is 18.5 Å². The highest BCUT2D eigenvalue weighted by Gasteiger charge is 2.26. The third kappa shape index (κ3) is 4.69. The van der Waals surface area contributed by atoms with Gasteiger partial charge in [0.2, 0.25) is 0 Å². The second kappa shape index (κ2) is 8.77. The Morgan fingerprint density at radius 3 is 2.48 bits per heavy atom. The second-order valence-corrected chi connectivity index (χ2v) is 7.71. The Labute approximate surface area is 182 Å². The monoisotopic (exact) mass is 443 g/mol. The van der Waals surface area contributed by atoms with E-state index in [1.807, 2.05) is 0 Å². The van der Waals surface area contributed by atoms with E-state index in [1.54, 1.807) is 29.2 Å². The summed E-state index contributed by atoms with van der Waals surface area (Å²) in [4.78, 5) is 24.9. The van der Waals surface area contributed by atoms with Crippen LogP contribution < -0.4 is 5.32 Å². The number of nitrogens with zero attached hydrogens (tertiary/aromatic N) is 2. The molecule has 1 saturated heterocycles. The topological polar surface area (TPSA) is 88.6 Å². The number of carbonyl (C=O) groups excluding carboxylic acids is 1. The normalized spacial score (nSPS) is 14.5. The number of likely N-dealkylation sites (tertiary alicyclic amines) is 1. The number of nitro groups is 1. The van der Waals surface area contributed by atoms with Crippen molar-refractivity contribution in [3.63, 3.8) is 0 Å². The van der Waals surface area contributed by atoms with E-state index >= 15 is 0 Å². The van der Waals surface area contributed by atoms with E-state index in [-0.39, 0.29) is 34.2 Å². The van der Waals surface area contributed by atoms with Gasteiger partial charge >= 0.3 is 0 Å². The molecule has 0 radical (unpaired) electrons. The van der Waals surface area contributed by atoms with Crippen LogP contribution in [0, 0.1) is 15.9 Å². The average molecular weight is 444 g/mol. The number of non-ortho nitro benzene ring substituents is 1. The SMILES string of the molecule is O=C(c1ccc(-c2ccc([N+](=O)[O-])cc2Cl)o1)N1CCC(Nc2ccc(F)cc2)CC1. The van der Waals surface area contributed by atoms with Gasteiger partial charge in [0.25, 0.3) is 11.6 Å². The molecule has 160 valence electrons. The summed E-state index contributed by atoms with van der Waals surface area (Å²) in [5.41, 5.74) is 1.21. The van der Waals surface area contributed by atoms with Crippen LogP contribution in [0.25, 0.3) is 11.3 Å². The van der Waals surface area contributed by atoms with Gasteiger partial charge in [-0.3, -0.25) is 14.9 Å². The molecule has 3 aromatic rings. The summed E-state index contributed by atoms with van der Waals surface area (Å²) in [6.45, 7) is 1.12. The minimum absolute atomic E-state index is 0.117. The first-order chi connectivity index (χ1) is 14.9. The predicted molar refractivity (Wildman–Crippen MR) is 115 cm³/mol. The summed E-state index contributed by atoms with van der Waals surface area (Å²) in [5.74, 6) is 0.0637. The van der Waals surface area contributed by atoms with Crippen molar-refractivity contribution >= 4 is 28.9 Å². The number of hydrogen-bond acceptors (Lipinski definition) is 5. The highest BCUT2D eigenvalue weighted by molar-refractivity contribution is 6.33. The summed E-state index contributed by atoms with van der Waals surface area (Å²) in [6, 6.07) is 13.7. The first-order valence-electron chi connectivity index (χ1n) is 9.76. The zero-order valence-corrected chi connectivity index (χ0v) is 17.1. The van der Waals surface area contributed by atoms with Crippen LogP contribution in [-0.4, -0.2) is 34.9 Å². The molecule has 1 aromatic heterocycles. The van der Waals surface area contributed by atoms with Crippen molar-refractivity contribution in [2.24, 2.45) is 0 Å². The van der Waals surface area contributed by atoms with E-state index in [2.05, 4.69) is 5.32 Å². The lowest BCUT2D eigenvalue weighted by molar-refractivity contribution is -0.384. The summed E-state index contributed by atoms with van der Waals surface area (Å²) in [5, 5.41) is 14.4. The van der Waals surface area contributed by atoms with Crippen LogP contribution in [0.1, 0.15) is 23.4 Å². The number of hydrogen-bond donors (Lipinski definition) is 1. The minimum atomic E-state index is -0.526. The lowest BCUT2D eigenvalue weighted by Gasteiger charge is -2.32. The van der Waals surface area contributed by atoms with Crippen molar-refractivity contribution < 1.29 is 18.5 Å². The molecule has 4 rings (SSSR count). The quantitative estimate of drug-likeness (QED) is 0.423. The fourth-order valence-corrected chi connectivity index (χ4v) is 3.85. The molecule has 1 aliphatic heterocycles. The van der Waals surface area contributed by atoms with E-state index in [0.29, 0.717) is 24.4 Å². The lowest BCUT2D eigenvalue weighted by atomic mass is 10.0. The molecular formula is C22H19ClFN3O4. The Hall–Kier alpha value is -3.39. The molecule has 2 aromatic carbocycles. The van der Waals surface area contributed by atoms with Gasteiger partial charge in [-0.05, 0) is 55.3 Å². The Bertz CT molecular complexity index is 1110. The molecular weight excluding hydrogens is 425 g/mol. The average Bonchev–Trinajstić information content (AvgIpc) is 3.25. The maximum absolute atomic E-state index is 13.0. The van der Waals surface area contributed by atoms with Gasteiger partial charge in [-0.1, -0.05) is 11.6 Å². The Morgan fingerprint density at radius 2 is 1.84 bits per heavy atom. The number of anilines is 1. The standard InChI is InChI=1S/C22H19ClFN3O4/c23-19-13-17(27(29)30)5-6-18(19)20-7-8-21(31-20)22(28)26-11-9-16(10-12-26)25-15-3-1-14(24)2-4-15/h1-8,13,16,25H,9-12H2. The van der Waals surface area contributed by atoms with E-state index < -0.39 is 4.92 Å². The first kappa shape index (κ1) is 20.9. The van der Waals surface area contributed by atoms with E-state index in [1.165, 1.54) is 30.3 Å². The molecule has 1 aliphatic rings. The van der Waals surface area contributed by atoms with Gasteiger partial charge in [-0.25, -0.2) is 4.39 Å². The molecule has 1 fully saturated rings.